The summed E-state index contributed by atoms with van der Waals surface area (Å²) in [6.45, 7) is 8.46. The molecule has 2 N–H and O–H groups in total. The largest absolute Gasteiger partial charge is 0.512 e. The van der Waals surface area contributed by atoms with Crippen LogP contribution in [0.2, 0.25) is 0 Å². The zero-order chi connectivity index (χ0) is 14.0. The Balaban J connectivity index is 2.96. The lowest BCUT2D eigenvalue weighted by Gasteiger charge is -2.46. The Morgan fingerprint density at radius 3 is 2.44 bits per heavy atom. The second kappa shape index (κ2) is 5.17. The topological polar surface area (TPSA) is 57.5 Å². The predicted octanol–water partition coefficient (Wildman–Crippen LogP) is 4.07. The normalized spacial score (nSPS) is 24.4. The molecular formula is C15H24O3. The molecule has 1 aliphatic rings. The summed E-state index contributed by atoms with van der Waals surface area (Å²) in [5.74, 6) is -0.343. The molecule has 0 aromatic heterocycles. The van der Waals surface area contributed by atoms with E-state index in [9.17, 15) is 9.90 Å². The number of rotatable bonds is 4. The molecule has 1 rings (SSSR count). The summed E-state index contributed by atoms with van der Waals surface area (Å²) in [6, 6.07) is 0. The zero-order valence-corrected chi connectivity index (χ0v) is 11.8. The lowest BCUT2D eigenvalue weighted by Crippen LogP contribution is -2.38. The van der Waals surface area contributed by atoms with Gasteiger partial charge in [-0.25, -0.2) is 0 Å². The van der Waals surface area contributed by atoms with Crippen molar-refractivity contribution in [1.82, 2.24) is 0 Å². The first-order valence-corrected chi connectivity index (χ1v) is 6.54. The SMILES string of the molecule is CCC1(C(C)(C)C)CC(CCC(=O)O)=CC=C1O. The first-order valence-electron chi connectivity index (χ1n) is 6.54. The number of aliphatic hydroxyl groups is 1. The van der Waals surface area contributed by atoms with Crippen LogP contribution < -0.4 is 0 Å². The molecule has 0 saturated carbocycles. The number of hydrogen-bond donors (Lipinski definition) is 2. The molecule has 0 aromatic carbocycles. The van der Waals surface area contributed by atoms with Crippen molar-refractivity contribution in [1.29, 1.82) is 0 Å². The number of aliphatic hydroxyl groups excluding tert-OH is 1. The molecule has 0 aromatic rings. The molecule has 102 valence electrons. The Kier molecular flexibility index (Phi) is 4.25. The summed E-state index contributed by atoms with van der Waals surface area (Å²) in [5, 5.41) is 19.0. The molecule has 0 bridgehead atoms. The highest BCUT2D eigenvalue weighted by atomic mass is 16.4. The standard InChI is InChI=1S/C15H24O3/c1-5-15(14(2,3)4)10-11(6-8-12(15)16)7-9-13(17)18/h6,8,16H,5,7,9-10H2,1-4H3,(H,17,18). The number of hydrogen-bond acceptors (Lipinski definition) is 2. The van der Waals surface area contributed by atoms with Gasteiger partial charge in [-0.3, -0.25) is 4.79 Å². The van der Waals surface area contributed by atoms with E-state index in [4.69, 9.17) is 5.11 Å². The van der Waals surface area contributed by atoms with Crippen LogP contribution >= 0.6 is 0 Å². The van der Waals surface area contributed by atoms with Crippen molar-refractivity contribution in [3.8, 4) is 0 Å². The first kappa shape index (κ1) is 14.8. The number of carbonyl (C=O) groups is 1. The van der Waals surface area contributed by atoms with E-state index in [1.54, 1.807) is 6.08 Å². The molecule has 1 aliphatic carbocycles. The lowest BCUT2D eigenvalue weighted by atomic mass is 9.59. The van der Waals surface area contributed by atoms with Gasteiger partial charge < -0.3 is 10.2 Å². The molecule has 18 heavy (non-hydrogen) atoms. The Labute approximate surface area is 109 Å². The van der Waals surface area contributed by atoms with Crippen LogP contribution in [-0.4, -0.2) is 16.2 Å². The average Bonchev–Trinajstić information content (AvgIpc) is 2.26. The second-order valence-corrected chi connectivity index (χ2v) is 6.13. The third-order valence-corrected chi connectivity index (χ3v) is 4.20. The fourth-order valence-corrected chi connectivity index (χ4v) is 2.82. The molecule has 3 heteroatoms. The number of aliphatic carboxylic acids is 1. The van der Waals surface area contributed by atoms with E-state index in [0.717, 1.165) is 18.4 Å². The third kappa shape index (κ3) is 2.77. The summed E-state index contributed by atoms with van der Waals surface area (Å²) >= 11 is 0. The first-order chi connectivity index (χ1) is 8.23. The Morgan fingerprint density at radius 2 is 2.00 bits per heavy atom. The van der Waals surface area contributed by atoms with Gasteiger partial charge in [-0.15, -0.1) is 0 Å². The minimum absolute atomic E-state index is 0.0505. The molecule has 0 radical (unpaired) electrons. The van der Waals surface area contributed by atoms with Crippen molar-refractivity contribution in [2.75, 3.05) is 0 Å². The van der Waals surface area contributed by atoms with Crippen LogP contribution in [0.5, 0.6) is 0 Å². The van der Waals surface area contributed by atoms with Crippen molar-refractivity contribution in [3.05, 3.63) is 23.5 Å². The molecule has 0 amide bonds. The van der Waals surface area contributed by atoms with Crippen LogP contribution in [0, 0.1) is 10.8 Å². The Bertz CT molecular complexity index is 385. The molecule has 0 heterocycles. The van der Waals surface area contributed by atoms with Gasteiger partial charge in [0.25, 0.3) is 0 Å². The highest BCUT2D eigenvalue weighted by Crippen LogP contribution is 2.52. The van der Waals surface area contributed by atoms with Gasteiger partial charge in [-0.1, -0.05) is 39.3 Å². The van der Waals surface area contributed by atoms with Gasteiger partial charge in [0, 0.05) is 11.8 Å². The maximum atomic E-state index is 10.6. The number of carboxylic acids is 1. The van der Waals surface area contributed by atoms with E-state index < -0.39 is 5.97 Å². The smallest absolute Gasteiger partial charge is 0.303 e. The average molecular weight is 252 g/mol. The van der Waals surface area contributed by atoms with Crippen LogP contribution in [0.1, 0.15) is 53.4 Å². The monoisotopic (exact) mass is 252 g/mol. The Hall–Kier alpha value is -1.25. The fraction of sp³-hybridized carbons (Fsp3) is 0.667. The summed E-state index contributed by atoms with van der Waals surface area (Å²) in [6.07, 6.45) is 5.94. The Morgan fingerprint density at radius 1 is 1.39 bits per heavy atom. The van der Waals surface area contributed by atoms with E-state index in [0.29, 0.717) is 12.2 Å². The van der Waals surface area contributed by atoms with Crippen LogP contribution in [-0.2, 0) is 4.79 Å². The van der Waals surface area contributed by atoms with E-state index in [1.807, 2.05) is 6.08 Å². The second-order valence-electron chi connectivity index (χ2n) is 6.13. The van der Waals surface area contributed by atoms with E-state index >= 15 is 0 Å². The summed E-state index contributed by atoms with van der Waals surface area (Å²) in [7, 11) is 0. The van der Waals surface area contributed by atoms with Gasteiger partial charge in [0.2, 0.25) is 0 Å². The highest BCUT2D eigenvalue weighted by molar-refractivity contribution is 5.67. The lowest BCUT2D eigenvalue weighted by molar-refractivity contribution is -0.136. The summed E-state index contributed by atoms with van der Waals surface area (Å²) < 4.78 is 0. The van der Waals surface area contributed by atoms with Gasteiger partial charge in [0.05, 0.1) is 5.76 Å². The third-order valence-electron chi connectivity index (χ3n) is 4.20. The summed E-state index contributed by atoms with van der Waals surface area (Å²) in [4.78, 5) is 10.6. The maximum Gasteiger partial charge on any atom is 0.303 e. The van der Waals surface area contributed by atoms with E-state index in [-0.39, 0.29) is 17.3 Å². The van der Waals surface area contributed by atoms with Crippen molar-refractivity contribution in [3.63, 3.8) is 0 Å². The molecule has 3 nitrogen and oxygen atoms in total. The minimum Gasteiger partial charge on any atom is -0.512 e. The zero-order valence-electron chi connectivity index (χ0n) is 11.8. The molecule has 0 fully saturated rings. The molecular weight excluding hydrogens is 228 g/mol. The van der Waals surface area contributed by atoms with E-state index in [1.165, 1.54) is 0 Å². The van der Waals surface area contributed by atoms with Crippen LogP contribution in [0.15, 0.2) is 23.5 Å². The molecule has 0 saturated heterocycles. The van der Waals surface area contributed by atoms with Gasteiger partial charge >= 0.3 is 5.97 Å². The van der Waals surface area contributed by atoms with Gasteiger partial charge in [-0.05, 0) is 30.8 Å². The highest BCUT2D eigenvalue weighted by Gasteiger charge is 2.45. The van der Waals surface area contributed by atoms with Crippen molar-refractivity contribution in [2.24, 2.45) is 10.8 Å². The van der Waals surface area contributed by atoms with Gasteiger partial charge in [0.1, 0.15) is 0 Å². The van der Waals surface area contributed by atoms with Crippen LogP contribution in [0.3, 0.4) is 0 Å². The van der Waals surface area contributed by atoms with Gasteiger partial charge in [-0.2, -0.15) is 0 Å². The molecule has 0 spiro atoms. The maximum absolute atomic E-state index is 10.6. The predicted molar refractivity (Wildman–Crippen MR) is 72.5 cm³/mol. The summed E-state index contributed by atoms with van der Waals surface area (Å²) in [5.41, 5.74) is 0.799. The van der Waals surface area contributed by atoms with Crippen molar-refractivity contribution in [2.45, 2.75) is 53.4 Å². The van der Waals surface area contributed by atoms with E-state index in [2.05, 4.69) is 27.7 Å². The molecule has 0 aliphatic heterocycles. The molecule has 1 atom stereocenters. The van der Waals surface area contributed by atoms with Crippen LogP contribution in [0.25, 0.3) is 0 Å². The van der Waals surface area contributed by atoms with Crippen molar-refractivity contribution >= 4 is 5.97 Å². The molecule has 1 unspecified atom stereocenters. The number of allylic oxidation sites excluding steroid dienone is 4. The quantitative estimate of drug-likeness (QED) is 0.793. The minimum atomic E-state index is -0.771. The van der Waals surface area contributed by atoms with Crippen LogP contribution in [0.4, 0.5) is 0 Å². The fourth-order valence-electron chi connectivity index (χ4n) is 2.82. The number of carboxylic acid groups (broad SMARTS) is 1. The van der Waals surface area contributed by atoms with Crippen molar-refractivity contribution < 1.29 is 15.0 Å². The van der Waals surface area contributed by atoms with Gasteiger partial charge in [0.15, 0.2) is 0 Å².